The van der Waals surface area contributed by atoms with Crippen LogP contribution in [0.3, 0.4) is 0 Å². The van der Waals surface area contributed by atoms with Crippen molar-refractivity contribution in [1.29, 1.82) is 0 Å². The molecule has 0 aliphatic carbocycles. The molecule has 0 bridgehead atoms. The Morgan fingerprint density at radius 1 is 0.974 bits per heavy atom. The van der Waals surface area contributed by atoms with Gasteiger partial charge in [-0.25, -0.2) is 8.42 Å². The molecule has 0 unspecified atom stereocenters. The fraction of sp³-hybridized carbons (Fsp3) is 0.310. The van der Waals surface area contributed by atoms with Crippen LogP contribution in [-0.2, 0) is 32.6 Å². The number of nitrogens with one attached hydrogen (secondary N) is 1. The molecule has 2 amide bonds. The van der Waals surface area contributed by atoms with Gasteiger partial charge in [0.05, 0.1) is 11.9 Å². The van der Waals surface area contributed by atoms with E-state index >= 15 is 0 Å². The van der Waals surface area contributed by atoms with Crippen LogP contribution in [0.25, 0.3) is 0 Å². The average molecular weight is 635 g/mol. The lowest BCUT2D eigenvalue weighted by atomic mass is 10.0. The highest BCUT2D eigenvalue weighted by molar-refractivity contribution is 9.10. The Kier molecular flexibility index (Phi) is 10.6. The number of aryl methyl sites for hydroxylation is 1. The normalized spacial score (nSPS) is 12.2. The Bertz CT molecular complexity index is 1400. The lowest BCUT2D eigenvalue weighted by Gasteiger charge is -2.34. The molecule has 0 saturated carbocycles. The molecule has 3 aromatic rings. The number of nitrogens with zero attached hydrogens (tertiary/aromatic N) is 2. The zero-order valence-corrected chi connectivity index (χ0v) is 25.6. The van der Waals surface area contributed by atoms with Gasteiger partial charge in [0.2, 0.25) is 21.8 Å². The van der Waals surface area contributed by atoms with Crippen molar-refractivity contribution in [2.75, 3.05) is 17.1 Å². The molecule has 208 valence electrons. The van der Waals surface area contributed by atoms with Gasteiger partial charge in [0.25, 0.3) is 0 Å². The zero-order chi connectivity index (χ0) is 28.7. The summed E-state index contributed by atoms with van der Waals surface area (Å²) in [7, 11) is -3.86. The molecule has 0 radical (unpaired) electrons. The molecule has 0 saturated heterocycles. The standard InChI is InChI=1S/C29H33BrClN3O4S/c1-20(2)32-29(36)27(16-22-8-6-5-7-9-22)33(18-23-11-13-24(30)14-12-23)28(35)19-34(39(4,37)38)25-15-10-21(3)26(31)17-25/h5-15,17,20,27H,16,18-19H2,1-4H3,(H,32,36)/t27-/m1/s1. The summed E-state index contributed by atoms with van der Waals surface area (Å²) in [5.74, 6) is -0.830. The van der Waals surface area contributed by atoms with Crippen LogP contribution in [-0.4, -0.2) is 50.0 Å². The Balaban J connectivity index is 2.06. The fourth-order valence-electron chi connectivity index (χ4n) is 4.07. The van der Waals surface area contributed by atoms with Gasteiger partial charge in [0.1, 0.15) is 12.6 Å². The quantitative estimate of drug-likeness (QED) is 0.309. The Morgan fingerprint density at radius 2 is 1.62 bits per heavy atom. The third-order valence-electron chi connectivity index (χ3n) is 6.09. The predicted molar refractivity (Wildman–Crippen MR) is 160 cm³/mol. The molecule has 1 atom stereocenters. The molecule has 0 heterocycles. The average Bonchev–Trinajstić information content (AvgIpc) is 2.87. The van der Waals surface area contributed by atoms with E-state index in [9.17, 15) is 18.0 Å². The molecule has 0 aliphatic rings. The second kappa shape index (κ2) is 13.5. The largest absolute Gasteiger partial charge is 0.352 e. The molecule has 39 heavy (non-hydrogen) atoms. The summed E-state index contributed by atoms with van der Waals surface area (Å²) >= 11 is 9.71. The highest BCUT2D eigenvalue weighted by atomic mass is 79.9. The van der Waals surface area contributed by atoms with E-state index in [-0.39, 0.29) is 30.6 Å². The lowest BCUT2D eigenvalue weighted by molar-refractivity contribution is -0.140. The topological polar surface area (TPSA) is 86.8 Å². The van der Waals surface area contributed by atoms with Gasteiger partial charge in [-0.2, -0.15) is 0 Å². The summed E-state index contributed by atoms with van der Waals surface area (Å²) < 4.78 is 27.6. The SMILES string of the molecule is Cc1ccc(N(CC(=O)N(Cc2ccc(Br)cc2)[C@H](Cc2ccccc2)C(=O)NC(C)C)S(C)(=O)=O)cc1Cl. The molecule has 3 rings (SSSR count). The van der Waals surface area contributed by atoms with E-state index in [1.807, 2.05) is 75.4 Å². The highest BCUT2D eigenvalue weighted by Crippen LogP contribution is 2.26. The first-order valence-electron chi connectivity index (χ1n) is 12.5. The van der Waals surface area contributed by atoms with Crippen LogP contribution in [0.2, 0.25) is 5.02 Å². The summed E-state index contributed by atoms with van der Waals surface area (Å²) in [5, 5.41) is 3.32. The minimum Gasteiger partial charge on any atom is -0.352 e. The molecule has 0 spiro atoms. The Hall–Kier alpha value is -2.88. The van der Waals surface area contributed by atoms with Crippen molar-refractivity contribution in [1.82, 2.24) is 10.2 Å². The maximum atomic E-state index is 14.0. The Labute approximate surface area is 244 Å². The number of sulfonamides is 1. The maximum Gasteiger partial charge on any atom is 0.244 e. The van der Waals surface area contributed by atoms with Gasteiger partial charge in [-0.15, -0.1) is 0 Å². The summed E-state index contributed by atoms with van der Waals surface area (Å²) in [6.07, 6.45) is 1.30. The van der Waals surface area contributed by atoms with Gasteiger partial charge >= 0.3 is 0 Å². The molecule has 3 aromatic carbocycles. The summed E-state index contributed by atoms with van der Waals surface area (Å²) in [6, 6.07) is 20.7. The van der Waals surface area contributed by atoms with Crippen molar-refractivity contribution < 1.29 is 18.0 Å². The van der Waals surface area contributed by atoms with Crippen molar-refractivity contribution in [3.8, 4) is 0 Å². The van der Waals surface area contributed by atoms with Gasteiger partial charge in [-0.3, -0.25) is 13.9 Å². The number of benzene rings is 3. The number of halogens is 2. The van der Waals surface area contributed by atoms with Gasteiger partial charge in [0.15, 0.2) is 0 Å². The molecule has 0 fully saturated rings. The fourth-order valence-corrected chi connectivity index (χ4v) is 5.35. The second-order valence-electron chi connectivity index (χ2n) is 9.72. The van der Waals surface area contributed by atoms with Crippen molar-refractivity contribution in [2.45, 2.75) is 45.8 Å². The minimum absolute atomic E-state index is 0.112. The summed E-state index contributed by atoms with van der Waals surface area (Å²) in [4.78, 5) is 29.0. The van der Waals surface area contributed by atoms with Gasteiger partial charge in [-0.05, 0) is 61.7 Å². The van der Waals surface area contributed by atoms with Crippen molar-refractivity contribution in [2.24, 2.45) is 0 Å². The van der Waals surface area contributed by atoms with Crippen molar-refractivity contribution in [3.05, 3.63) is 99.0 Å². The van der Waals surface area contributed by atoms with E-state index in [0.29, 0.717) is 5.02 Å². The van der Waals surface area contributed by atoms with Crippen LogP contribution in [0.15, 0.2) is 77.3 Å². The number of rotatable bonds is 11. The molecular formula is C29H33BrClN3O4S. The van der Waals surface area contributed by atoms with Crippen molar-refractivity contribution >= 4 is 55.1 Å². The predicted octanol–water partition coefficient (Wildman–Crippen LogP) is 5.34. The number of carbonyl (C=O) groups excluding carboxylic acids is 2. The van der Waals surface area contributed by atoms with Gasteiger partial charge in [-0.1, -0.05) is 76.1 Å². The minimum atomic E-state index is -3.86. The van der Waals surface area contributed by atoms with E-state index in [4.69, 9.17) is 11.6 Å². The number of carbonyl (C=O) groups is 2. The molecular weight excluding hydrogens is 602 g/mol. The highest BCUT2D eigenvalue weighted by Gasteiger charge is 2.33. The molecule has 10 heteroatoms. The monoisotopic (exact) mass is 633 g/mol. The summed E-state index contributed by atoms with van der Waals surface area (Å²) in [6.45, 7) is 5.13. The number of anilines is 1. The van der Waals surface area contributed by atoms with Gasteiger partial charge < -0.3 is 10.2 Å². The van der Waals surface area contributed by atoms with E-state index in [2.05, 4.69) is 21.2 Å². The van der Waals surface area contributed by atoms with Crippen LogP contribution in [0, 0.1) is 6.92 Å². The smallest absolute Gasteiger partial charge is 0.244 e. The maximum absolute atomic E-state index is 14.0. The molecule has 0 aliphatic heterocycles. The van der Waals surface area contributed by atoms with Crippen LogP contribution in [0.4, 0.5) is 5.69 Å². The van der Waals surface area contributed by atoms with Crippen LogP contribution in [0.1, 0.15) is 30.5 Å². The third kappa shape index (κ3) is 8.81. The van der Waals surface area contributed by atoms with Crippen molar-refractivity contribution in [3.63, 3.8) is 0 Å². The number of hydrogen-bond donors (Lipinski definition) is 1. The van der Waals surface area contributed by atoms with Crippen LogP contribution >= 0.6 is 27.5 Å². The summed E-state index contributed by atoms with van der Waals surface area (Å²) in [5.41, 5.74) is 2.73. The Morgan fingerprint density at radius 3 is 2.18 bits per heavy atom. The zero-order valence-electron chi connectivity index (χ0n) is 22.4. The number of hydrogen-bond acceptors (Lipinski definition) is 4. The van der Waals surface area contributed by atoms with E-state index in [1.165, 1.54) is 11.0 Å². The number of amides is 2. The second-order valence-corrected chi connectivity index (χ2v) is 12.9. The molecule has 1 N–H and O–H groups in total. The first kappa shape index (κ1) is 30.7. The molecule has 0 aromatic heterocycles. The van der Waals surface area contributed by atoms with E-state index in [1.54, 1.807) is 12.1 Å². The molecule has 7 nitrogen and oxygen atoms in total. The van der Waals surface area contributed by atoms with Gasteiger partial charge in [0, 0.05) is 28.5 Å². The third-order valence-corrected chi connectivity index (χ3v) is 8.17. The van der Waals surface area contributed by atoms with E-state index < -0.39 is 28.5 Å². The van der Waals surface area contributed by atoms with E-state index in [0.717, 1.165) is 31.7 Å². The first-order chi connectivity index (χ1) is 18.3. The lowest BCUT2D eigenvalue weighted by Crippen LogP contribution is -2.54. The first-order valence-corrected chi connectivity index (χ1v) is 15.5. The van der Waals surface area contributed by atoms with Crippen LogP contribution in [0.5, 0.6) is 0 Å². The van der Waals surface area contributed by atoms with Crippen LogP contribution < -0.4 is 9.62 Å².